The van der Waals surface area contributed by atoms with Crippen LogP contribution in [0.2, 0.25) is 0 Å². The number of aliphatic imine (C=N–C) groups is 1. The summed E-state index contributed by atoms with van der Waals surface area (Å²) in [6.07, 6.45) is 1.75. The predicted octanol–water partition coefficient (Wildman–Crippen LogP) is 6.73. The van der Waals surface area contributed by atoms with E-state index >= 15 is 0 Å². The molecule has 156 valence electrons. The summed E-state index contributed by atoms with van der Waals surface area (Å²) in [4.78, 5) is 16.8. The summed E-state index contributed by atoms with van der Waals surface area (Å²) >= 11 is 6.80. The smallest absolute Gasteiger partial charge is 0.363 e. The van der Waals surface area contributed by atoms with Gasteiger partial charge in [-0.3, -0.25) is 0 Å². The first-order valence-electron chi connectivity index (χ1n) is 9.35. The Labute approximate surface area is 221 Å². The number of carbonyl (C=O) groups is 1. The first-order chi connectivity index (χ1) is 14.9. The Kier molecular flexibility index (Phi) is 7.32. The Morgan fingerprint density at radius 3 is 2.35 bits per heavy atom. The third-order valence-electron chi connectivity index (χ3n) is 4.62. The van der Waals surface area contributed by atoms with E-state index in [1.165, 1.54) is 3.57 Å². The lowest BCUT2D eigenvalue weighted by molar-refractivity contribution is -0.129. The van der Waals surface area contributed by atoms with Gasteiger partial charge in [-0.25, -0.2) is 9.79 Å². The van der Waals surface area contributed by atoms with Crippen LogP contribution in [-0.2, 0) is 16.1 Å². The van der Waals surface area contributed by atoms with Crippen molar-refractivity contribution in [1.29, 1.82) is 0 Å². The van der Waals surface area contributed by atoms with Crippen LogP contribution in [0.4, 0.5) is 0 Å². The van der Waals surface area contributed by atoms with Gasteiger partial charge in [-0.1, -0.05) is 30.3 Å². The third-order valence-corrected chi connectivity index (χ3v) is 6.94. The molecule has 0 unspecified atom stereocenters. The van der Waals surface area contributed by atoms with Crippen LogP contribution in [0.1, 0.15) is 22.3 Å². The van der Waals surface area contributed by atoms with Crippen LogP contribution >= 0.6 is 67.8 Å². The lowest BCUT2D eigenvalue weighted by Gasteiger charge is -2.11. The summed E-state index contributed by atoms with van der Waals surface area (Å²) in [6, 6.07) is 19.9. The summed E-state index contributed by atoms with van der Waals surface area (Å²) in [5, 5.41) is 0. The van der Waals surface area contributed by atoms with Crippen molar-refractivity contribution < 1.29 is 14.3 Å². The molecule has 4 rings (SSSR count). The van der Waals surface area contributed by atoms with Crippen molar-refractivity contribution in [3.63, 3.8) is 0 Å². The van der Waals surface area contributed by atoms with Crippen LogP contribution in [0.5, 0.6) is 5.75 Å². The van der Waals surface area contributed by atoms with E-state index in [-0.39, 0.29) is 5.70 Å². The fourth-order valence-corrected chi connectivity index (χ4v) is 5.52. The molecule has 0 bridgehead atoms. The van der Waals surface area contributed by atoms with E-state index in [2.05, 4.69) is 97.0 Å². The average Bonchev–Trinajstić information content (AvgIpc) is 3.09. The summed E-state index contributed by atoms with van der Waals surface area (Å²) in [5.74, 6) is 0.735. The molecule has 1 aliphatic rings. The predicted molar refractivity (Wildman–Crippen MR) is 147 cm³/mol. The molecule has 0 spiro atoms. The maximum atomic E-state index is 12.4. The molecular formula is C24H16I3NO3. The van der Waals surface area contributed by atoms with E-state index < -0.39 is 5.97 Å². The molecule has 0 radical (unpaired) electrons. The number of ether oxygens (including phenoxy) is 2. The number of benzene rings is 3. The first-order valence-corrected chi connectivity index (χ1v) is 12.6. The monoisotopic (exact) mass is 747 g/mol. The van der Waals surface area contributed by atoms with Gasteiger partial charge in [-0.2, -0.15) is 0 Å². The Morgan fingerprint density at radius 1 is 1.00 bits per heavy atom. The minimum absolute atomic E-state index is 0.289. The van der Waals surface area contributed by atoms with E-state index in [9.17, 15) is 4.79 Å². The van der Waals surface area contributed by atoms with Crippen LogP contribution in [0, 0.1) is 17.6 Å². The Hall–Kier alpha value is -1.47. The Bertz CT molecular complexity index is 1190. The van der Waals surface area contributed by atoms with Gasteiger partial charge in [-0.15, -0.1) is 0 Å². The average molecular weight is 747 g/mol. The van der Waals surface area contributed by atoms with Gasteiger partial charge in [-0.05, 0) is 128 Å². The number of esters is 1. The maximum Gasteiger partial charge on any atom is 0.363 e. The number of rotatable bonds is 5. The van der Waals surface area contributed by atoms with Crippen LogP contribution in [0.3, 0.4) is 0 Å². The van der Waals surface area contributed by atoms with Crippen molar-refractivity contribution in [2.75, 3.05) is 0 Å². The van der Waals surface area contributed by atoms with Gasteiger partial charge in [0.05, 0.1) is 7.14 Å². The lowest BCUT2D eigenvalue weighted by Crippen LogP contribution is -2.06. The molecule has 0 N–H and O–H groups in total. The van der Waals surface area contributed by atoms with Gasteiger partial charge < -0.3 is 9.47 Å². The zero-order valence-electron chi connectivity index (χ0n) is 16.4. The number of halogens is 3. The Balaban J connectivity index is 1.56. The zero-order valence-corrected chi connectivity index (χ0v) is 22.8. The second-order valence-corrected chi connectivity index (χ2v) is 10.4. The number of carbonyl (C=O) groups excluding carboxylic acids is 1. The van der Waals surface area contributed by atoms with Crippen LogP contribution in [0.25, 0.3) is 6.08 Å². The summed E-state index contributed by atoms with van der Waals surface area (Å²) in [5.41, 5.74) is 4.11. The number of nitrogens with zero attached hydrogens (tertiary/aromatic N) is 1. The molecule has 0 saturated carbocycles. The third kappa shape index (κ3) is 5.48. The van der Waals surface area contributed by atoms with Crippen molar-refractivity contribution in [2.45, 2.75) is 13.5 Å². The van der Waals surface area contributed by atoms with E-state index in [4.69, 9.17) is 9.47 Å². The van der Waals surface area contributed by atoms with Crippen molar-refractivity contribution in [2.24, 2.45) is 4.99 Å². The summed E-state index contributed by atoms with van der Waals surface area (Å²) in [7, 11) is 0. The molecule has 1 aliphatic heterocycles. The number of cyclic esters (lactones) is 1. The van der Waals surface area contributed by atoms with Crippen LogP contribution in [-0.4, -0.2) is 11.9 Å². The highest BCUT2D eigenvalue weighted by Crippen LogP contribution is 2.31. The molecule has 1 heterocycles. The second-order valence-electron chi connectivity index (χ2n) is 6.88. The number of hydrogen-bond acceptors (Lipinski definition) is 4. The highest BCUT2D eigenvalue weighted by molar-refractivity contribution is 14.1. The molecular weight excluding hydrogens is 731 g/mol. The number of aryl methyl sites for hydroxylation is 1. The molecule has 0 amide bonds. The summed E-state index contributed by atoms with van der Waals surface area (Å²) in [6.45, 7) is 2.47. The fraction of sp³-hybridized carbons (Fsp3) is 0.0833. The SMILES string of the molecule is Cc1ccccc1C1=N/C(=C\c2cc(I)c(OCc3ccc(I)cc3)c(I)c2)C(=O)O1. The second kappa shape index (κ2) is 9.99. The van der Waals surface area contributed by atoms with Crippen LogP contribution in [0.15, 0.2) is 71.4 Å². The quantitative estimate of drug-likeness (QED) is 0.165. The van der Waals surface area contributed by atoms with Crippen molar-refractivity contribution in [3.05, 3.63) is 99.3 Å². The molecule has 0 fully saturated rings. The van der Waals surface area contributed by atoms with E-state index in [1.54, 1.807) is 6.08 Å². The van der Waals surface area contributed by atoms with Crippen molar-refractivity contribution in [1.82, 2.24) is 0 Å². The summed E-state index contributed by atoms with van der Waals surface area (Å²) < 4.78 is 14.6. The highest BCUT2D eigenvalue weighted by Gasteiger charge is 2.25. The van der Waals surface area contributed by atoms with Gasteiger partial charge >= 0.3 is 5.97 Å². The molecule has 0 aromatic heterocycles. The molecule has 0 saturated heterocycles. The van der Waals surface area contributed by atoms with Gasteiger partial charge in [0.15, 0.2) is 5.70 Å². The molecule has 7 heteroatoms. The zero-order chi connectivity index (χ0) is 22.0. The molecule has 0 aliphatic carbocycles. The fourth-order valence-electron chi connectivity index (χ4n) is 3.03. The standard InChI is InChI=1S/C24H16I3NO3/c1-14-4-2-3-5-18(14)23-28-21(24(29)31-23)12-16-10-19(26)22(20(27)11-16)30-13-15-6-8-17(25)9-7-15/h2-12H,13H2,1H3/b21-12-. The molecule has 3 aromatic carbocycles. The normalized spacial score (nSPS) is 14.5. The molecule has 31 heavy (non-hydrogen) atoms. The lowest BCUT2D eigenvalue weighted by atomic mass is 10.1. The van der Waals surface area contributed by atoms with Crippen LogP contribution < -0.4 is 4.74 Å². The highest BCUT2D eigenvalue weighted by atomic mass is 127. The molecule has 4 nitrogen and oxygen atoms in total. The van der Waals surface area contributed by atoms with Gasteiger partial charge in [0.2, 0.25) is 5.90 Å². The van der Waals surface area contributed by atoms with Crippen molar-refractivity contribution >= 4 is 85.7 Å². The molecule has 3 aromatic rings. The molecule has 0 atom stereocenters. The van der Waals surface area contributed by atoms with Gasteiger partial charge in [0, 0.05) is 9.13 Å². The topological polar surface area (TPSA) is 47.9 Å². The van der Waals surface area contributed by atoms with E-state index in [0.29, 0.717) is 12.5 Å². The number of hydrogen-bond donors (Lipinski definition) is 0. The van der Waals surface area contributed by atoms with Gasteiger partial charge in [0.1, 0.15) is 12.4 Å². The largest absolute Gasteiger partial charge is 0.487 e. The maximum absolute atomic E-state index is 12.4. The minimum atomic E-state index is -0.442. The van der Waals surface area contributed by atoms with Gasteiger partial charge in [0.25, 0.3) is 0 Å². The minimum Gasteiger partial charge on any atom is -0.487 e. The Morgan fingerprint density at radius 2 is 1.68 bits per heavy atom. The van der Waals surface area contributed by atoms with E-state index in [1.807, 2.05) is 43.3 Å². The van der Waals surface area contributed by atoms with E-state index in [0.717, 1.165) is 35.1 Å². The first kappa shape index (κ1) is 22.7. The van der Waals surface area contributed by atoms with Crippen molar-refractivity contribution in [3.8, 4) is 5.75 Å².